The Morgan fingerprint density at radius 3 is 2.42 bits per heavy atom. The molecule has 5 nitrogen and oxygen atoms in total. The van der Waals surface area contributed by atoms with Gasteiger partial charge in [-0.1, -0.05) is 37.8 Å². The zero-order valence-electron chi connectivity index (χ0n) is 16.3. The number of rotatable bonds is 7. The maximum Gasteiger partial charge on any atom is 0.232 e. The minimum absolute atomic E-state index is 0.0336. The van der Waals surface area contributed by atoms with Gasteiger partial charge in [0.2, 0.25) is 15.9 Å². The molecule has 1 aromatic rings. The van der Waals surface area contributed by atoms with Crippen LogP contribution in [0.15, 0.2) is 18.2 Å². The van der Waals surface area contributed by atoms with E-state index < -0.39 is 10.0 Å². The lowest BCUT2D eigenvalue weighted by molar-refractivity contribution is -0.121. The third-order valence-corrected chi connectivity index (χ3v) is 6.20. The molecule has 0 spiro atoms. The molecule has 1 fully saturated rings. The molecule has 1 saturated carbocycles. The molecule has 0 aromatic heterocycles. The van der Waals surface area contributed by atoms with Gasteiger partial charge in [0.05, 0.1) is 11.9 Å². The largest absolute Gasteiger partial charge is 0.353 e. The van der Waals surface area contributed by atoms with Crippen molar-refractivity contribution in [1.82, 2.24) is 5.32 Å². The van der Waals surface area contributed by atoms with Crippen LogP contribution in [0.4, 0.5) is 5.69 Å². The summed E-state index contributed by atoms with van der Waals surface area (Å²) in [5.74, 6) is 0.0336. The minimum atomic E-state index is -3.39. The molecule has 0 aliphatic heterocycles. The molecule has 0 heterocycles. The SMILES string of the molecule is Cc1ccc(C)c(N(CCCC(=O)NC2CCCCCC2)S(C)(=O)=O)c1. The van der Waals surface area contributed by atoms with E-state index in [1.165, 1.54) is 36.2 Å². The predicted octanol–water partition coefficient (Wildman–Crippen LogP) is 3.69. The number of sulfonamides is 1. The van der Waals surface area contributed by atoms with Gasteiger partial charge in [0.15, 0.2) is 0 Å². The number of carbonyl (C=O) groups excluding carboxylic acids is 1. The van der Waals surface area contributed by atoms with Crippen molar-refractivity contribution in [3.8, 4) is 0 Å². The summed E-state index contributed by atoms with van der Waals surface area (Å²) in [4.78, 5) is 12.2. The number of anilines is 1. The lowest BCUT2D eigenvalue weighted by atomic mass is 10.1. The van der Waals surface area contributed by atoms with Crippen molar-refractivity contribution >= 4 is 21.6 Å². The summed E-state index contributed by atoms with van der Waals surface area (Å²) in [7, 11) is -3.39. The highest BCUT2D eigenvalue weighted by atomic mass is 32.2. The fourth-order valence-corrected chi connectivity index (χ4v) is 4.57. The molecule has 2 rings (SSSR count). The summed E-state index contributed by atoms with van der Waals surface area (Å²) >= 11 is 0. The molecule has 1 N–H and O–H groups in total. The maximum absolute atomic E-state index is 12.3. The van der Waals surface area contributed by atoms with E-state index in [-0.39, 0.29) is 11.9 Å². The van der Waals surface area contributed by atoms with Gasteiger partial charge in [-0.25, -0.2) is 8.42 Å². The fraction of sp³-hybridized carbons (Fsp3) is 0.650. The molecule has 0 unspecified atom stereocenters. The number of carbonyl (C=O) groups is 1. The molecular formula is C20H32N2O3S. The minimum Gasteiger partial charge on any atom is -0.353 e. The van der Waals surface area contributed by atoms with E-state index >= 15 is 0 Å². The van der Waals surface area contributed by atoms with Gasteiger partial charge >= 0.3 is 0 Å². The number of aryl methyl sites for hydroxylation is 2. The Morgan fingerprint density at radius 2 is 1.81 bits per heavy atom. The highest BCUT2D eigenvalue weighted by Crippen LogP contribution is 2.24. The van der Waals surface area contributed by atoms with E-state index in [9.17, 15) is 13.2 Å². The summed E-state index contributed by atoms with van der Waals surface area (Å²) in [5, 5.41) is 3.12. The van der Waals surface area contributed by atoms with Gasteiger partial charge in [-0.3, -0.25) is 9.10 Å². The summed E-state index contributed by atoms with van der Waals surface area (Å²) < 4.78 is 25.9. The highest BCUT2D eigenvalue weighted by Gasteiger charge is 2.20. The quantitative estimate of drug-likeness (QED) is 0.734. The van der Waals surface area contributed by atoms with Gasteiger partial charge < -0.3 is 5.32 Å². The highest BCUT2D eigenvalue weighted by molar-refractivity contribution is 7.92. The van der Waals surface area contributed by atoms with E-state index in [1.54, 1.807) is 0 Å². The van der Waals surface area contributed by atoms with Crippen molar-refractivity contribution in [2.75, 3.05) is 17.1 Å². The van der Waals surface area contributed by atoms with Crippen LogP contribution in [-0.2, 0) is 14.8 Å². The van der Waals surface area contributed by atoms with Gasteiger partial charge in [-0.2, -0.15) is 0 Å². The zero-order valence-corrected chi connectivity index (χ0v) is 17.1. The van der Waals surface area contributed by atoms with Gasteiger partial charge in [0.25, 0.3) is 0 Å². The maximum atomic E-state index is 12.3. The molecule has 26 heavy (non-hydrogen) atoms. The Morgan fingerprint density at radius 1 is 1.15 bits per heavy atom. The van der Waals surface area contributed by atoms with Gasteiger partial charge in [-0.15, -0.1) is 0 Å². The van der Waals surface area contributed by atoms with Crippen LogP contribution < -0.4 is 9.62 Å². The van der Waals surface area contributed by atoms with Gasteiger partial charge in [-0.05, 0) is 50.3 Å². The Labute approximate surface area is 158 Å². The molecule has 1 amide bonds. The fourth-order valence-electron chi connectivity index (χ4n) is 3.56. The van der Waals surface area contributed by atoms with Gasteiger partial charge in [0, 0.05) is 19.0 Å². The first kappa shape index (κ1) is 20.7. The second-order valence-corrected chi connectivity index (χ2v) is 9.39. The van der Waals surface area contributed by atoms with Crippen LogP contribution in [0.2, 0.25) is 0 Å². The Balaban J connectivity index is 1.93. The van der Waals surface area contributed by atoms with E-state index in [4.69, 9.17) is 0 Å². The number of benzene rings is 1. The molecule has 0 saturated heterocycles. The van der Waals surface area contributed by atoms with Crippen LogP contribution in [0.25, 0.3) is 0 Å². The molecule has 6 heteroatoms. The molecule has 0 atom stereocenters. The van der Waals surface area contributed by atoms with Crippen LogP contribution in [0.1, 0.15) is 62.5 Å². The van der Waals surface area contributed by atoms with Crippen LogP contribution in [0.3, 0.4) is 0 Å². The molecular weight excluding hydrogens is 348 g/mol. The first-order valence-corrected chi connectivity index (χ1v) is 11.5. The number of hydrogen-bond donors (Lipinski definition) is 1. The van der Waals surface area contributed by atoms with Crippen molar-refractivity contribution in [1.29, 1.82) is 0 Å². The van der Waals surface area contributed by atoms with Crippen molar-refractivity contribution < 1.29 is 13.2 Å². The van der Waals surface area contributed by atoms with Crippen molar-refractivity contribution in [3.05, 3.63) is 29.3 Å². The van der Waals surface area contributed by atoms with E-state index in [0.29, 0.717) is 25.1 Å². The predicted molar refractivity (Wildman–Crippen MR) is 107 cm³/mol. The normalized spacial score (nSPS) is 16.1. The van der Waals surface area contributed by atoms with E-state index in [2.05, 4.69) is 5.32 Å². The van der Waals surface area contributed by atoms with Gasteiger partial charge in [0.1, 0.15) is 0 Å². The molecule has 146 valence electrons. The monoisotopic (exact) mass is 380 g/mol. The van der Waals surface area contributed by atoms with Crippen LogP contribution in [0, 0.1) is 13.8 Å². The molecule has 1 aliphatic rings. The average molecular weight is 381 g/mol. The second kappa shape index (κ2) is 9.40. The first-order chi connectivity index (χ1) is 12.3. The number of nitrogens with zero attached hydrogens (tertiary/aromatic N) is 1. The molecule has 1 aromatic carbocycles. The van der Waals surface area contributed by atoms with Crippen molar-refractivity contribution in [2.24, 2.45) is 0 Å². The van der Waals surface area contributed by atoms with Crippen LogP contribution >= 0.6 is 0 Å². The number of amides is 1. The zero-order chi connectivity index (χ0) is 19.2. The smallest absolute Gasteiger partial charge is 0.232 e. The molecule has 1 aliphatic carbocycles. The second-order valence-electron chi connectivity index (χ2n) is 7.48. The summed E-state index contributed by atoms with van der Waals surface area (Å²) in [6.45, 7) is 4.18. The Kier molecular flexibility index (Phi) is 7.50. The van der Waals surface area contributed by atoms with Crippen LogP contribution in [-0.4, -0.2) is 33.2 Å². The van der Waals surface area contributed by atoms with Crippen molar-refractivity contribution in [2.45, 2.75) is 71.3 Å². The lowest BCUT2D eigenvalue weighted by Crippen LogP contribution is -2.36. The molecule has 0 radical (unpaired) electrons. The number of hydrogen-bond acceptors (Lipinski definition) is 3. The standard InChI is InChI=1S/C20H32N2O3S/c1-16-12-13-17(2)19(15-16)22(26(3,24)25)14-8-11-20(23)21-18-9-6-4-5-7-10-18/h12-13,15,18H,4-11,14H2,1-3H3,(H,21,23). The Bertz CT molecular complexity index is 708. The molecule has 0 bridgehead atoms. The van der Waals surface area contributed by atoms with E-state index in [0.717, 1.165) is 24.0 Å². The number of nitrogens with one attached hydrogen (secondary N) is 1. The van der Waals surface area contributed by atoms with Crippen LogP contribution in [0.5, 0.6) is 0 Å². The first-order valence-electron chi connectivity index (χ1n) is 9.61. The van der Waals surface area contributed by atoms with Crippen molar-refractivity contribution in [3.63, 3.8) is 0 Å². The lowest BCUT2D eigenvalue weighted by Gasteiger charge is -2.24. The average Bonchev–Trinajstić information content (AvgIpc) is 2.82. The summed E-state index contributed by atoms with van der Waals surface area (Å²) in [6, 6.07) is 6.08. The third kappa shape index (κ3) is 6.31. The third-order valence-electron chi connectivity index (χ3n) is 5.02. The van der Waals surface area contributed by atoms with E-state index in [1.807, 2.05) is 32.0 Å². The topological polar surface area (TPSA) is 66.5 Å². The summed E-state index contributed by atoms with van der Waals surface area (Å²) in [5.41, 5.74) is 2.64. The summed E-state index contributed by atoms with van der Waals surface area (Å²) in [6.07, 6.45) is 9.08. The Hall–Kier alpha value is -1.56.